The van der Waals surface area contributed by atoms with Gasteiger partial charge in [0.25, 0.3) is 0 Å². The minimum atomic E-state index is -0.419. The number of oxime groups is 1. The molecule has 1 saturated heterocycles. The lowest BCUT2D eigenvalue weighted by Crippen LogP contribution is -2.46. The quantitative estimate of drug-likeness (QED) is 0.346. The van der Waals surface area contributed by atoms with Crippen molar-refractivity contribution in [2.45, 2.75) is 18.1 Å². The molecule has 1 aromatic heterocycles. The molecule has 0 radical (unpaired) electrons. The number of fused-ring (bicyclic) bond motifs is 1. The zero-order valence-electron chi connectivity index (χ0n) is 12.4. The van der Waals surface area contributed by atoms with Gasteiger partial charge < -0.3 is 25.1 Å². The van der Waals surface area contributed by atoms with Crippen LogP contribution >= 0.6 is 15.9 Å². The van der Waals surface area contributed by atoms with Gasteiger partial charge in [-0.15, -0.1) is 0 Å². The van der Waals surface area contributed by atoms with E-state index in [9.17, 15) is 0 Å². The molecule has 1 spiro atoms. The summed E-state index contributed by atoms with van der Waals surface area (Å²) in [6.45, 7) is 1.28. The van der Waals surface area contributed by atoms with Crippen molar-refractivity contribution < 1.29 is 9.94 Å². The summed E-state index contributed by atoms with van der Waals surface area (Å²) < 4.78 is 9.60. The summed E-state index contributed by atoms with van der Waals surface area (Å²) in [5.41, 5.74) is 6.51. The van der Waals surface area contributed by atoms with Crippen LogP contribution in [0.5, 0.6) is 5.75 Å². The summed E-state index contributed by atoms with van der Waals surface area (Å²) in [4.78, 5) is 1.86. The van der Waals surface area contributed by atoms with Crippen LogP contribution < -0.4 is 10.5 Å². The van der Waals surface area contributed by atoms with Crippen LogP contribution in [0, 0.1) is 0 Å². The normalized spacial score (nSPS) is 26.6. The lowest BCUT2D eigenvalue weighted by Gasteiger charge is -2.31. The zero-order valence-corrected chi connectivity index (χ0v) is 14.0. The number of aromatic nitrogens is 1. The number of nitrogens with zero attached hydrogens (tertiary/aromatic N) is 3. The van der Waals surface area contributed by atoms with Crippen LogP contribution in [0.4, 0.5) is 0 Å². The van der Waals surface area contributed by atoms with E-state index in [1.54, 1.807) is 0 Å². The summed E-state index contributed by atoms with van der Waals surface area (Å²) in [5, 5.41) is 12.1. The average molecular weight is 377 g/mol. The maximum absolute atomic E-state index is 8.96. The average Bonchev–Trinajstić information content (AvgIpc) is 3.25. The van der Waals surface area contributed by atoms with E-state index in [0.717, 1.165) is 22.2 Å². The third kappa shape index (κ3) is 2.18. The third-order valence-electron chi connectivity index (χ3n) is 4.69. The fraction of sp³-hybridized carbons (Fsp3) is 0.312. The summed E-state index contributed by atoms with van der Waals surface area (Å²) in [7, 11) is 0. The van der Waals surface area contributed by atoms with E-state index >= 15 is 0 Å². The van der Waals surface area contributed by atoms with Crippen LogP contribution in [0.25, 0.3) is 0 Å². The van der Waals surface area contributed by atoms with Crippen LogP contribution in [-0.4, -0.2) is 39.3 Å². The number of rotatable bonds is 1. The molecule has 2 atom stereocenters. The van der Waals surface area contributed by atoms with Crippen molar-refractivity contribution >= 4 is 21.9 Å². The summed E-state index contributed by atoms with van der Waals surface area (Å²) in [6, 6.07) is 10.2. The van der Waals surface area contributed by atoms with Gasteiger partial charge in [0.05, 0.1) is 6.54 Å². The number of benzene rings is 1. The Balaban J connectivity index is 1.79. The highest BCUT2D eigenvalue weighted by molar-refractivity contribution is 9.10. The molecule has 1 fully saturated rings. The molecule has 1 aromatic carbocycles. The second kappa shape index (κ2) is 5.19. The highest BCUT2D eigenvalue weighted by atomic mass is 79.9. The fourth-order valence-electron chi connectivity index (χ4n) is 3.71. The van der Waals surface area contributed by atoms with E-state index in [-0.39, 0.29) is 12.0 Å². The van der Waals surface area contributed by atoms with Gasteiger partial charge in [0, 0.05) is 35.4 Å². The van der Waals surface area contributed by atoms with E-state index in [0.29, 0.717) is 13.1 Å². The van der Waals surface area contributed by atoms with Gasteiger partial charge in [0.1, 0.15) is 11.8 Å². The SMILES string of the molecule is N/C(=N\O)N1CCC2(C1)Oc1ccc(Br)cc1C2n1cccc1. The number of hydrogen-bond donors (Lipinski definition) is 2. The zero-order chi connectivity index (χ0) is 16.0. The maximum Gasteiger partial charge on any atom is 0.233 e. The minimum Gasteiger partial charge on any atom is -0.482 e. The predicted molar refractivity (Wildman–Crippen MR) is 89.7 cm³/mol. The molecule has 7 heteroatoms. The first-order chi connectivity index (χ1) is 11.1. The van der Waals surface area contributed by atoms with Gasteiger partial charge in [0.15, 0.2) is 5.60 Å². The molecule has 0 aliphatic carbocycles. The molecule has 0 saturated carbocycles. The molecule has 2 aliphatic rings. The third-order valence-corrected chi connectivity index (χ3v) is 5.19. The molecule has 2 aliphatic heterocycles. The second-order valence-corrected chi connectivity index (χ2v) is 6.93. The molecule has 23 heavy (non-hydrogen) atoms. The largest absolute Gasteiger partial charge is 0.482 e. The van der Waals surface area contributed by atoms with Crippen molar-refractivity contribution in [3.8, 4) is 5.75 Å². The molecule has 3 N–H and O–H groups in total. The van der Waals surface area contributed by atoms with Gasteiger partial charge in [-0.3, -0.25) is 0 Å². The Hall–Kier alpha value is -2.15. The second-order valence-electron chi connectivity index (χ2n) is 6.01. The molecule has 2 unspecified atom stereocenters. The first kappa shape index (κ1) is 14.4. The fourth-order valence-corrected chi connectivity index (χ4v) is 4.09. The Bertz CT molecular complexity index is 761. The Morgan fingerprint density at radius 1 is 1.39 bits per heavy atom. The van der Waals surface area contributed by atoms with Crippen LogP contribution in [-0.2, 0) is 0 Å². The number of nitrogens with two attached hydrogens (primary N) is 1. The van der Waals surface area contributed by atoms with Gasteiger partial charge >= 0.3 is 0 Å². The first-order valence-corrected chi connectivity index (χ1v) is 8.26. The van der Waals surface area contributed by atoms with Crippen LogP contribution in [0.15, 0.2) is 52.4 Å². The van der Waals surface area contributed by atoms with Gasteiger partial charge in [0.2, 0.25) is 5.96 Å². The molecule has 0 amide bonds. The maximum atomic E-state index is 8.96. The number of halogens is 1. The molecule has 4 rings (SSSR count). The van der Waals surface area contributed by atoms with Crippen molar-refractivity contribution in [3.05, 3.63) is 52.8 Å². The lowest BCUT2D eigenvalue weighted by atomic mass is 9.90. The molecule has 3 heterocycles. The Morgan fingerprint density at radius 2 is 2.17 bits per heavy atom. The Kier molecular flexibility index (Phi) is 3.26. The van der Waals surface area contributed by atoms with E-state index in [1.807, 2.05) is 29.2 Å². The van der Waals surface area contributed by atoms with E-state index in [4.69, 9.17) is 15.7 Å². The van der Waals surface area contributed by atoms with Crippen molar-refractivity contribution in [3.63, 3.8) is 0 Å². The topological polar surface area (TPSA) is 76.0 Å². The van der Waals surface area contributed by atoms with Gasteiger partial charge in [-0.1, -0.05) is 21.1 Å². The van der Waals surface area contributed by atoms with Crippen molar-refractivity contribution in [1.29, 1.82) is 0 Å². The highest BCUT2D eigenvalue weighted by Crippen LogP contribution is 2.50. The molecule has 0 bridgehead atoms. The Morgan fingerprint density at radius 3 is 2.91 bits per heavy atom. The molecule has 120 valence electrons. The number of ether oxygens (including phenoxy) is 1. The smallest absolute Gasteiger partial charge is 0.233 e. The summed E-state index contributed by atoms with van der Waals surface area (Å²) >= 11 is 3.55. The summed E-state index contributed by atoms with van der Waals surface area (Å²) in [5.74, 6) is 1.03. The van der Waals surface area contributed by atoms with Crippen LogP contribution in [0.2, 0.25) is 0 Å². The van der Waals surface area contributed by atoms with Gasteiger partial charge in [-0.2, -0.15) is 0 Å². The molecular formula is C16H17BrN4O2. The number of hydrogen-bond acceptors (Lipinski definition) is 3. The van der Waals surface area contributed by atoms with E-state index < -0.39 is 5.60 Å². The van der Waals surface area contributed by atoms with Crippen LogP contribution in [0.1, 0.15) is 18.0 Å². The number of guanidine groups is 1. The highest BCUT2D eigenvalue weighted by Gasteiger charge is 2.53. The predicted octanol–water partition coefficient (Wildman–Crippen LogP) is 2.38. The Labute approximate surface area is 142 Å². The molecular weight excluding hydrogens is 360 g/mol. The van der Waals surface area contributed by atoms with Crippen LogP contribution in [0.3, 0.4) is 0 Å². The minimum absolute atomic E-state index is 0.0569. The standard InChI is InChI=1S/C16H17BrN4O2/c17-11-3-4-13-12(9-11)14(20-6-1-2-7-20)16(23-13)5-8-21(10-16)15(18)19-22/h1-4,6-7,9,14,22H,5,8,10H2,(H2,18,19). The molecule has 2 aromatic rings. The van der Waals surface area contributed by atoms with E-state index in [2.05, 4.69) is 44.1 Å². The molecule has 6 nitrogen and oxygen atoms in total. The van der Waals surface area contributed by atoms with Crippen molar-refractivity contribution in [1.82, 2.24) is 9.47 Å². The number of likely N-dealkylation sites (tertiary alicyclic amines) is 1. The van der Waals surface area contributed by atoms with Crippen molar-refractivity contribution in [2.24, 2.45) is 10.9 Å². The summed E-state index contributed by atoms with van der Waals surface area (Å²) in [6.07, 6.45) is 4.91. The monoisotopic (exact) mass is 376 g/mol. The van der Waals surface area contributed by atoms with Crippen molar-refractivity contribution in [2.75, 3.05) is 13.1 Å². The van der Waals surface area contributed by atoms with Gasteiger partial charge in [-0.05, 0) is 30.3 Å². The lowest BCUT2D eigenvalue weighted by molar-refractivity contribution is 0.0726. The van der Waals surface area contributed by atoms with E-state index in [1.165, 1.54) is 0 Å². The van der Waals surface area contributed by atoms with Gasteiger partial charge in [-0.25, -0.2) is 0 Å². The first-order valence-electron chi connectivity index (χ1n) is 7.46.